The van der Waals surface area contributed by atoms with E-state index >= 15 is 0 Å². The second-order valence-electron chi connectivity index (χ2n) is 5.93. The Balaban J connectivity index is 1.51. The molecule has 0 aliphatic rings. The third kappa shape index (κ3) is 4.32. The Morgan fingerprint density at radius 3 is 2.54 bits per heavy atom. The van der Waals surface area contributed by atoms with Crippen LogP contribution in [-0.2, 0) is 24.3 Å². The summed E-state index contributed by atoms with van der Waals surface area (Å²) in [5.41, 5.74) is 4.53. The van der Waals surface area contributed by atoms with E-state index in [1.165, 1.54) is 5.56 Å². The smallest absolute Gasteiger partial charge is 0.224 e. The first-order valence-corrected chi connectivity index (χ1v) is 8.05. The van der Waals surface area contributed by atoms with Gasteiger partial charge >= 0.3 is 0 Å². The van der Waals surface area contributed by atoms with Gasteiger partial charge in [0.2, 0.25) is 5.91 Å². The summed E-state index contributed by atoms with van der Waals surface area (Å²) in [6, 6.07) is 16.3. The molecule has 1 amide bonds. The number of amides is 1. The van der Waals surface area contributed by atoms with E-state index < -0.39 is 0 Å². The fourth-order valence-electron chi connectivity index (χ4n) is 2.60. The van der Waals surface area contributed by atoms with E-state index in [9.17, 15) is 4.79 Å². The van der Waals surface area contributed by atoms with Crippen LogP contribution in [0, 0.1) is 6.92 Å². The summed E-state index contributed by atoms with van der Waals surface area (Å²) < 4.78 is 2.03. The molecule has 24 heavy (non-hydrogen) atoms. The SMILES string of the molecule is Cc1ccccc1CC(=O)NCc1ccc(Cn2ccnc2)cc1. The van der Waals surface area contributed by atoms with Crippen molar-refractivity contribution in [3.05, 3.63) is 89.5 Å². The maximum absolute atomic E-state index is 12.1. The normalized spacial score (nSPS) is 10.5. The van der Waals surface area contributed by atoms with Gasteiger partial charge in [-0.1, -0.05) is 48.5 Å². The van der Waals surface area contributed by atoms with Crippen LogP contribution < -0.4 is 5.32 Å². The van der Waals surface area contributed by atoms with Crippen LogP contribution in [0.15, 0.2) is 67.3 Å². The number of nitrogens with zero attached hydrogens (tertiary/aromatic N) is 2. The third-order valence-electron chi connectivity index (χ3n) is 4.05. The Bertz CT molecular complexity index is 792. The fraction of sp³-hybridized carbons (Fsp3) is 0.200. The highest BCUT2D eigenvalue weighted by molar-refractivity contribution is 5.78. The minimum Gasteiger partial charge on any atom is -0.352 e. The molecule has 1 aromatic heterocycles. The van der Waals surface area contributed by atoms with E-state index in [1.54, 1.807) is 12.5 Å². The molecule has 4 nitrogen and oxygen atoms in total. The molecule has 0 unspecified atom stereocenters. The zero-order valence-corrected chi connectivity index (χ0v) is 13.8. The number of benzene rings is 2. The van der Waals surface area contributed by atoms with Gasteiger partial charge in [0.1, 0.15) is 0 Å². The van der Waals surface area contributed by atoms with E-state index in [0.717, 1.165) is 23.2 Å². The van der Waals surface area contributed by atoms with E-state index in [1.807, 2.05) is 42.0 Å². The van der Waals surface area contributed by atoms with Crippen molar-refractivity contribution in [2.24, 2.45) is 0 Å². The van der Waals surface area contributed by atoms with Crippen LogP contribution in [0.25, 0.3) is 0 Å². The largest absolute Gasteiger partial charge is 0.352 e. The molecule has 0 radical (unpaired) electrons. The second-order valence-corrected chi connectivity index (χ2v) is 5.93. The summed E-state index contributed by atoms with van der Waals surface area (Å²) in [5.74, 6) is 0.0480. The first-order valence-electron chi connectivity index (χ1n) is 8.05. The average Bonchev–Trinajstić information content (AvgIpc) is 3.09. The minimum atomic E-state index is 0.0480. The number of aryl methyl sites for hydroxylation is 1. The van der Waals surface area contributed by atoms with Crippen LogP contribution in [0.1, 0.15) is 22.3 Å². The molecular weight excluding hydrogens is 298 g/mol. The van der Waals surface area contributed by atoms with Crippen molar-refractivity contribution < 1.29 is 4.79 Å². The molecule has 2 aromatic carbocycles. The Morgan fingerprint density at radius 2 is 1.83 bits per heavy atom. The topological polar surface area (TPSA) is 46.9 Å². The van der Waals surface area contributed by atoms with Crippen LogP contribution in [0.2, 0.25) is 0 Å². The molecule has 1 heterocycles. The molecule has 0 spiro atoms. The summed E-state index contributed by atoms with van der Waals surface area (Å²) in [6.45, 7) is 3.39. The number of imidazole rings is 1. The van der Waals surface area contributed by atoms with E-state index in [4.69, 9.17) is 0 Å². The summed E-state index contributed by atoms with van der Waals surface area (Å²) in [7, 11) is 0. The Hall–Kier alpha value is -2.88. The van der Waals surface area contributed by atoms with Gasteiger partial charge in [-0.25, -0.2) is 4.98 Å². The van der Waals surface area contributed by atoms with Gasteiger partial charge in [-0.2, -0.15) is 0 Å². The number of hydrogen-bond donors (Lipinski definition) is 1. The highest BCUT2D eigenvalue weighted by atomic mass is 16.1. The van der Waals surface area contributed by atoms with Crippen molar-refractivity contribution in [1.82, 2.24) is 14.9 Å². The number of carbonyl (C=O) groups is 1. The standard InChI is InChI=1S/C20H21N3O/c1-16-4-2-3-5-19(16)12-20(24)22-13-17-6-8-18(9-7-17)14-23-11-10-21-15-23/h2-11,15H,12-14H2,1H3,(H,22,24). The van der Waals surface area contributed by atoms with Crippen LogP contribution in [0.4, 0.5) is 0 Å². The molecule has 122 valence electrons. The zero-order chi connectivity index (χ0) is 16.8. The van der Waals surface area contributed by atoms with E-state index in [2.05, 4.69) is 34.6 Å². The molecule has 0 aliphatic carbocycles. The van der Waals surface area contributed by atoms with Crippen LogP contribution in [0.3, 0.4) is 0 Å². The highest BCUT2D eigenvalue weighted by Crippen LogP contribution is 2.09. The lowest BCUT2D eigenvalue weighted by atomic mass is 10.1. The molecule has 0 atom stereocenters. The number of rotatable bonds is 6. The number of hydrogen-bond acceptors (Lipinski definition) is 2. The molecule has 3 aromatic rings. The van der Waals surface area contributed by atoms with Crippen molar-refractivity contribution in [3.8, 4) is 0 Å². The van der Waals surface area contributed by atoms with Crippen LogP contribution in [-0.4, -0.2) is 15.5 Å². The van der Waals surface area contributed by atoms with E-state index in [-0.39, 0.29) is 5.91 Å². The predicted octanol–water partition coefficient (Wildman–Crippen LogP) is 3.10. The van der Waals surface area contributed by atoms with Gasteiger partial charge in [0.25, 0.3) is 0 Å². The molecule has 4 heteroatoms. The summed E-state index contributed by atoms with van der Waals surface area (Å²) in [4.78, 5) is 16.1. The van der Waals surface area contributed by atoms with Crippen LogP contribution >= 0.6 is 0 Å². The van der Waals surface area contributed by atoms with Crippen molar-refractivity contribution in [2.45, 2.75) is 26.4 Å². The fourth-order valence-corrected chi connectivity index (χ4v) is 2.60. The van der Waals surface area contributed by atoms with Crippen molar-refractivity contribution in [3.63, 3.8) is 0 Å². The summed E-state index contributed by atoms with van der Waals surface area (Å²) >= 11 is 0. The van der Waals surface area contributed by atoms with Gasteiger partial charge in [0.15, 0.2) is 0 Å². The first kappa shape index (κ1) is 16.0. The van der Waals surface area contributed by atoms with Gasteiger partial charge < -0.3 is 9.88 Å². The quantitative estimate of drug-likeness (QED) is 0.759. The van der Waals surface area contributed by atoms with Gasteiger partial charge in [-0.3, -0.25) is 4.79 Å². The molecular formula is C20H21N3O. The Kier molecular flexibility index (Phi) is 5.06. The molecule has 3 rings (SSSR count). The molecule has 0 fully saturated rings. The number of nitrogens with one attached hydrogen (secondary N) is 1. The monoisotopic (exact) mass is 319 g/mol. The van der Waals surface area contributed by atoms with E-state index in [0.29, 0.717) is 13.0 Å². The Labute approximate surface area is 142 Å². The third-order valence-corrected chi connectivity index (χ3v) is 4.05. The highest BCUT2D eigenvalue weighted by Gasteiger charge is 2.05. The summed E-state index contributed by atoms with van der Waals surface area (Å²) in [6.07, 6.45) is 5.95. The van der Waals surface area contributed by atoms with Crippen molar-refractivity contribution in [2.75, 3.05) is 0 Å². The lowest BCUT2D eigenvalue weighted by Crippen LogP contribution is -2.24. The maximum Gasteiger partial charge on any atom is 0.224 e. The first-order chi connectivity index (χ1) is 11.7. The number of aromatic nitrogens is 2. The van der Waals surface area contributed by atoms with Crippen LogP contribution in [0.5, 0.6) is 0 Å². The maximum atomic E-state index is 12.1. The molecule has 1 N–H and O–H groups in total. The Morgan fingerprint density at radius 1 is 1.08 bits per heavy atom. The molecule has 0 bridgehead atoms. The molecule has 0 aliphatic heterocycles. The van der Waals surface area contributed by atoms with Gasteiger partial charge in [0.05, 0.1) is 12.7 Å². The molecule has 0 saturated heterocycles. The lowest BCUT2D eigenvalue weighted by Gasteiger charge is -2.08. The predicted molar refractivity (Wildman–Crippen MR) is 94.5 cm³/mol. The zero-order valence-electron chi connectivity index (χ0n) is 13.8. The van der Waals surface area contributed by atoms with Gasteiger partial charge in [-0.15, -0.1) is 0 Å². The molecule has 0 saturated carbocycles. The summed E-state index contributed by atoms with van der Waals surface area (Å²) in [5, 5.41) is 2.99. The average molecular weight is 319 g/mol. The van der Waals surface area contributed by atoms with Crippen molar-refractivity contribution >= 4 is 5.91 Å². The van der Waals surface area contributed by atoms with Gasteiger partial charge in [0, 0.05) is 25.5 Å². The lowest BCUT2D eigenvalue weighted by molar-refractivity contribution is -0.120. The van der Waals surface area contributed by atoms with Crippen molar-refractivity contribution in [1.29, 1.82) is 0 Å². The number of carbonyl (C=O) groups excluding carboxylic acids is 1. The minimum absolute atomic E-state index is 0.0480. The van der Waals surface area contributed by atoms with Gasteiger partial charge in [-0.05, 0) is 29.2 Å². The second kappa shape index (κ2) is 7.59.